The predicted molar refractivity (Wildman–Crippen MR) is 96.7 cm³/mol. The predicted octanol–water partition coefficient (Wildman–Crippen LogP) is 2.21. The van der Waals surface area contributed by atoms with Crippen molar-refractivity contribution in [3.05, 3.63) is 6.07 Å². The van der Waals surface area contributed by atoms with Gasteiger partial charge < -0.3 is 10.6 Å². The van der Waals surface area contributed by atoms with Crippen LogP contribution in [-0.2, 0) is 9.84 Å². The van der Waals surface area contributed by atoms with Crippen molar-refractivity contribution >= 4 is 33.2 Å². The minimum absolute atomic E-state index is 0.158. The van der Waals surface area contributed by atoms with Crippen molar-refractivity contribution in [3.63, 3.8) is 0 Å². The van der Waals surface area contributed by atoms with Crippen LogP contribution >= 0.6 is 11.8 Å². The number of hydrogen-bond donors (Lipinski definition) is 1. The van der Waals surface area contributed by atoms with Gasteiger partial charge in [0, 0.05) is 31.2 Å². The van der Waals surface area contributed by atoms with E-state index in [9.17, 15) is 8.42 Å². The van der Waals surface area contributed by atoms with Crippen molar-refractivity contribution in [1.29, 1.82) is 0 Å². The maximum Gasteiger partial charge on any atom is 0.191 e. The van der Waals surface area contributed by atoms with E-state index in [1.54, 1.807) is 17.8 Å². The lowest BCUT2D eigenvalue weighted by molar-refractivity contribution is 0.441. The average Bonchev–Trinajstić information content (AvgIpc) is 2.45. The number of nitrogens with two attached hydrogens (primary N) is 1. The highest BCUT2D eigenvalue weighted by Gasteiger charge is 2.24. The van der Waals surface area contributed by atoms with Crippen molar-refractivity contribution in [1.82, 2.24) is 9.97 Å². The van der Waals surface area contributed by atoms with Crippen molar-refractivity contribution in [2.24, 2.45) is 5.92 Å². The molecule has 6 nitrogen and oxygen atoms in total. The summed E-state index contributed by atoms with van der Waals surface area (Å²) in [4.78, 5) is 11.0. The van der Waals surface area contributed by atoms with Gasteiger partial charge in [-0.15, -0.1) is 0 Å². The monoisotopic (exact) mass is 358 g/mol. The number of nitrogen functional groups attached to an aromatic ring is 1. The van der Waals surface area contributed by atoms with Crippen LogP contribution in [0.15, 0.2) is 11.2 Å². The first kappa shape index (κ1) is 18.3. The van der Waals surface area contributed by atoms with E-state index < -0.39 is 9.84 Å². The summed E-state index contributed by atoms with van der Waals surface area (Å²) < 4.78 is 23.1. The van der Waals surface area contributed by atoms with Gasteiger partial charge in [-0.3, -0.25) is 0 Å². The zero-order valence-corrected chi connectivity index (χ0v) is 15.5. The minimum Gasteiger partial charge on any atom is -0.383 e. The molecule has 1 fully saturated rings. The van der Waals surface area contributed by atoms with Crippen LogP contribution in [0.25, 0.3) is 0 Å². The lowest BCUT2D eigenvalue weighted by Gasteiger charge is -2.33. The summed E-state index contributed by atoms with van der Waals surface area (Å²) in [5.41, 5.74) is 5.92. The number of rotatable bonds is 7. The molecule has 1 aromatic heterocycles. The van der Waals surface area contributed by atoms with E-state index in [0.29, 0.717) is 17.5 Å². The molecule has 1 aliphatic rings. The Hall–Kier alpha value is -1.02. The molecule has 0 saturated carbocycles. The first-order chi connectivity index (χ1) is 10.9. The van der Waals surface area contributed by atoms with Gasteiger partial charge in [0.2, 0.25) is 0 Å². The number of aromatic nitrogens is 2. The van der Waals surface area contributed by atoms with Gasteiger partial charge >= 0.3 is 0 Å². The molecule has 0 radical (unpaired) electrons. The molecule has 0 unspecified atom stereocenters. The van der Waals surface area contributed by atoms with E-state index in [4.69, 9.17) is 5.73 Å². The van der Waals surface area contributed by atoms with E-state index in [2.05, 4.69) is 21.8 Å². The van der Waals surface area contributed by atoms with Crippen LogP contribution in [0.3, 0.4) is 0 Å². The summed E-state index contributed by atoms with van der Waals surface area (Å²) in [6.45, 7) is 3.75. The van der Waals surface area contributed by atoms with Crippen LogP contribution in [0.1, 0.15) is 32.6 Å². The highest BCUT2D eigenvalue weighted by atomic mass is 32.2. The number of nitrogens with zero attached hydrogens (tertiary/aromatic N) is 3. The maximum absolute atomic E-state index is 11.5. The number of hydrogen-bond acceptors (Lipinski definition) is 7. The molecule has 2 heterocycles. The molecule has 0 amide bonds. The first-order valence-electron chi connectivity index (χ1n) is 8.07. The Morgan fingerprint density at radius 3 is 2.91 bits per heavy atom. The maximum atomic E-state index is 11.5. The lowest BCUT2D eigenvalue weighted by Crippen LogP contribution is -2.38. The van der Waals surface area contributed by atoms with Crippen molar-refractivity contribution in [2.75, 3.05) is 41.5 Å². The second-order valence-corrected chi connectivity index (χ2v) is 9.43. The van der Waals surface area contributed by atoms with Gasteiger partial charge in [-0.2, -0.15) is 0 Å². The summed E-state index contributed by atoms with van der Waals surface area (Å²) in [5.74, 6) is 2.67. The quantitative estimate of drug-likeness (QED) is 0.454. The highest BCUT2D eigenvalue weighted by molar-refractivity contribution is 7.99. The highest BCUT2D eigenvalue weighted by Crippen LogP contribution is 2.26. The molecule has 0 spiro atoms. The summed E-state index contributed by atoms with van der Waals surface area (Å²) >= 11 is 1.62. The van der Waals surface area contributed by atoms with Crippen LogP contribution in [0.4, 0.5) is 11.6 Å². The fourth-order valence-electron chi connectivity index (χ4n) is 2.80. The number of sulfone groups is 1. The second kappa shape index (κ2) is 8.19. The zero-order chi connectivity index (χ0) is 16.9. The molecule has 0 aliphatic carbocycles. The summed E-state index contributed by atoms with van der Waals surface area (Å²) in [6.07, 6.45) is 5.49. The third-order valence-electron chi connectivity index (χ3n) is 3.82. The molecule has 130 valence electrons. The standard InChI is InChI=1S/C15H26N4O2S2/c1-3-4-8-22-15-17-13(16)9-14(18-15)19-7-5-6-12(10-19)11-23(2,20)21/h9,12H,3-8,10-11H2,1-2H3,(H2,16,17,18)/t12-/m0/s1. The third-order valence-corrected chi connectivity index (χ3v) is 5.83. The summed E-state index contributed by atoms with van der Waals surface area (Å²) in [5, 5.41) is 0.707. The van der Waals surface area contributed by atoms with Gasteiger partial charge in [0.05, 0.1) is 5.75 Å². The largest absolute Gasteiger partial charge is 0.383 e. The molecule has 1 aliphatic heterocycles. The molecule has 8 heteroatoms. The fourth-order valence-corrected chi connectivity index (χ4v) is 4.87. The molecule has 1 aromatic rings. The van der Waals surface area contributed by atoms with Crippen molar-refractivity contribution in [3.8, 4) is 0 Å². The van der Waals surface area contributed by atoms with Crippen LogP contribution < -0.4 is 10.6 Å². The van der Waals surface area contributed by atoms with Crippen molar-refractivity contribution in [2.45, 2.75) is 37.8 Å². The first-order valence-corrected chi connectivity index (χ1v) is 11.1. The van der Waals surface area contributed by atoms with E-state index in [1.807, 2.05) is 0 Å². The number of thioether (sulfide) groups is 1. The molecule has 1 atom stereocenters. The Labute approximate surface area is 143 Å². The molecule has 2 rings (SSSR count). The Morgan fingerprint density at radius 2 is 2.22 bits per heavy atom. The summed E-state index contributed by atoms with van der Waals surface area (Å²) in [6, 6.07) is 1.78. The van der Waals surface area contributed by atoms with Crippen molar-refractivity contribution < 1.29 is 8.42 Å². The second-order valence-electron chi connectivity index (χ2n) is 6.18. The minimum atomic E-state index is -2.95. The van der Waals surface area contributed by atoms with Gasteiger partial charge in [0.15, 0.2) is 5.16 Å². The average molecular weight is 359 g/mol. The van der Waals surface area contributed by atoms with Gasteiger partial charge in [0.1, 0.15) is 21.5 Å². The summed E-state index contributed by atoms with van der Waals surface area (Å²) in [7, 11) is -2.95. The molecule has 23 heavy (non-hydrogen) atoms. The van der Waals surface area contributed by atoms with E-state index in [-0.39, 0.29) is 11.7 Å². The van der Waals surface area contributed by atoms with Gasteiger partial charge in [0.25, 0.3) is 0 Å². The van der Waals surface area contributed by atoms with Crippen LogP contribution in [0.5, 0.6) is 0 Å². The fraction of sp³-hybridized carbons (Fsp3) is 0.733. The molecule has 2 N–H and O–H groups in total. The smallest absolute Gasteiger partial charge is 0.191 e. The number of piperidine rings is 1. The van der Waals surface area contributed by atoms with E-state index >= 15 is 0 Å². The third kappa shape index (κ3) is 6.18. The topological polar surface area (TPSA) is 89.2 Å². The van der Waals surface area contributed by atoms with Crippen LogP contribution in [0.2, 0.25) is 0 Å². The number of anilines is 2. The van der Waals surface area contributed by atoms with Crippen LogP contribution in [0, 0.1) is 5.92 Å². The Bertz CT molecular complexity index is 622. The Kier molecular flexibility index (Phi) is 6.52. The molecular formula is C15H26N4O2S2. The van der Waals surface area contributed by atoms with E-state index in [1.165, 1.54) is 6.26 Å². The lowest BCUT2D eigenvalue weighted by atomic mass is 10.0. The molecule has 1 saturated heterocycles. The molecular weight excluding hydrogens is 332 g/mol. The zero-order valence-electron chi connectivity index (χ0n) is 13.9. The SMILES string of the molecule is CCCCSc1nc(N)cc(N2CCC[C@H](CS(C)(=O)=O)C2)n1. The Morgan fingerprint density at radius 1 is 1.43 bits per heavy atom. The Balaban J connectivity index is 2.07. The molecule has 0 bridgehead atoms. The number of unbranched alkanes of at least 4 members (excludes halogenated alkanes) is 1. The van der Waals surface area contributed by atoms with E-state index in [0.717, 1.165) is 43.8 Å². The molecule has 0 aromatic carbocycles. The normalized spacial score (nSPS) is 19.0. The van der Waals surface area contributed by atoms with Gasteiger partial charge in [-0.25, -0.2) is 18.4 Å². The van der Waals surface area contributed by atoms with Gasteiger partial charge in [-0.05, 0) is 25.2 Å². The van der Waals surface area contributed by atoms with Gasteiger partial charge in [-0.1, -0.05) is 25.1 Å². The van der Waals surface area contributed by atoms with Crippen LogP contribution in [-0.4, -0.2) is 49.2 Å².